The second kappa shape index (κ2) is 10.8. The lowest BCUT2D eigenvalue weighted by Crippen LogP contribution is -2.10. The molecule has 3 heteroatoms. The topological polar surface area (TPSA) is 29.3 Å². The van der Waals surface area contributed by atoms with Gasteiger partial charge in [-0.25, -0.2) is 4.98 Å². The lowest BCUT2D eigenvalue weighted by atomic mass is 10.0. The Balaban J connectivity index is 1.21. The van der Waals surface area contributed by atoms with Crippen molar-refractivity contribution in [1.82, 2.24) is 4.98 Å². The average molecular weight is 589 g/mol. The summed E-state index contributed by atoms with van der Waals surface area (Å²) in [4.78, 5) is 6.82. The summed E-state index contributed by atoms with van der Waals surface area (Å²) in [6.07, 6.45) is 1.78. The number of anilines is 3. The van der Waals surface area contributed by atoms with E-state index in [1.165, 1.54) is 33.0 Å². The van der Waals surface area contributed by atoms with Gasteiger partial charge in [-0.1, -0.05) is 103 Å². The van der Waals surface area contributed by atoms with E-state index < -0.39 is 0 Å². The summed E-state index contributed by atoms with van der Waals surface area (Å²) in [5, 5.41) is 6.78. The van der Waals surface area contributed by atoms with Gasteiger partial charge in [-0.15, -0.1) is 0 Å². The van der Waals surface area contributed by atoms with E-state index in [0.29, 0.717) is 5.71 Å². The Morgan fingerprint density at radius 2 is 1.07 bits per heavy atom. The molecule has 9 rings (SSSR count). The Morgan fingerprint density at radius 1 is 0.391 bits per heavy atom. The third-order valence-electron chi connectivity index (χ3n) is 8.89. The van der Waals surface area contributed by atoms with Gasteiger partial charge in [0.2, 0.25) is 5.71 Å². The van der Waals surface area contributed by atoms with Crippen molar-refractivity contribution in [3.8, 4) is 22.3 Å². The van der Waals surface area contributed by atoms with E-state index >= 15 is 0 Å². The SMILES string of the molecule is c1ccc(-c2cccc(N(c3ccc(-c4ccc5ccccc5c4)cc3)c3ccc4ccc5c6cccnc6oc5c4c3)c2)cc1. The van der Waals surface area contributed by atoms with Crippen LogP contribution in [0.25, 0.3) is 65.9 Å². The number of fused-ring (bicyclic) bond motifs is 6. The molecule has 0 aliphatic heterocycles. The Kier molecular flexibility index (Phi) is 6.14. The van der Waals surface area contributed by atoms with Crippen molar-refractivity contribution in [3.63, 3.8) is 0 Å². The van der Waals surface area contributed by atoms with Gasteiger partial charge in [0, 0.05) is 39.4 Å². The zero-order chi connectivity index (χ0) is 30.5. The van der Waals surface area contributed by atoms with Crippen LogP contribution in [0.5, 0.6) is 0 Å². The summed E-state index contributed by atoms with van der Waals surface area (Å²) in [7, 11) is 0. The van der Waals surface area contributed by atoms with Crippen LogP contribution in [0.1, 0.15) is 0 Å². The molecule has 0 atom stereocenters. The fourth-order valence-electron chi connectivity index (χ4n) is 6.59. The zero-order valence-electron chi connectivity index (χ0n) is 25.0. The molecule has 0 aliphatic rings. The van der Waals surface area contributed by atoms with Gasteiger partial charge in [0.15, 0.2) is 0 Å². The predicted molar refractivity (Wildman–Crippen MR) is 192 cm³/mol. The van der Waals surface area contributed by atoms with Crippen molar-refractivity contribution < 1.29 is 4.42 Å². The van der Waals surface area contributed by atoms with Crippen molar-refractivity contribution in [1.29, 1.82) is 0 Å². The summed E-state index contributed by atoms with van der Waals surface area (Å²) in [6.45, 7) is 0. The molecule has 0 N–H and O–H groups in total. The van der Waals surface area contributed by atoms with Crippen LogP contribution in [-0.2, 0) is 0 Å². The van der Waals surface area contributed by atoms with E-state index in [-0.39, 0.29) is 0 Å². The van der Waals surface area contributed by atoms with E-state index in [1.807, 2.05) is 6.07 Å². The second-order valence-electron chi connectivity index (χ2n) is 11.7. The van der Waals surface area contributed by atoms with Crippen LogP contribution in [0.3, 0.4) is 0 Å². The summed E-state index contributed by atoms with van der Waals surface area (Å²) in [5.41, 5.74) is 9.47. The van der Waals surface area contributed by atoms with E-state index in [1.54, 1.807) is 6.20 Å². The number of aromatic nitrogens is 1. The molecule has 9 aromatic rings. The maximum atomic E-state index is 6.35. The van der Waals surface area contributed by atoms with Gasteiger partial charge in [-0.2, -0.15) is 0 Å². The van der Waals surface area contributed by atoms with Crippen LogP contribution in [-0.4, -0.2) is 4.98 Å². The Labute approximate surface area is 266 Å². The second-order valence-corrected chi connectivity index (χ2v) is 11.7. The van der Waals surface area contributed by atoms with Gasteiger partial charge in [-0.3, -0.25) is 0 Å². The van der Waals surface area contributed by atoms with E-state index in [9.17, 15) is 0 Å². The van der Waals surface area contributed by atoms with Crippen LogP contribution >= 0.6 is 0 Å². The third kappa shape index (κ3) is 4.49. The summed E-state index contributed by atoms with van der Waals surface area (Å²) < 4.78 is 6.35. The highest BCUT2D eigenvalue weighted by atomic mass is 16.3. The van der Waals surface area contributed by atoms with Crippen LogP contribution < -0.4 is 4.90 Å². The number of furan rings is 1. The molecule has 0 fully saturated rings. The van der Waals surface area contributed by atoms with Crippen LogP contribution in [0.2, 0.25) is 0 Å². The van der Waals surface area contributed by atoms with Gasteiger partial charge in [0.1, 0.15) is 5.58 Å². The number of hydrogen-bond acceptors (Lipinski definition) is 3. The number of hydrogen-bond donors (Lipinski definition) is 0. The smallest absolute Gasteiger partial charge is 0.227 e. The van der Waals surface area contributed by atoms with Crippen molar-refractivity contribution in [2.75, 3.05) is 4.90 Å². The number of benzene rings is 7. The number of rotatable bonds is 5. The van der Waals surface area contributed by atoms with Crippen LogP contribution in [0.4, 0.5) is 17.1 Å². The van der Waals surface area contributed by atoms with Crippen molar-refractivity contribution in [2.45, 2.75) is 0 Å². The van der Waals surface area contributed by atoms with Crippen LogP contribution in [0.15, 0.2) is 174 Å². The minimum Gasteiger partial charge on any atom is -0.437 e. The first-order valence-corrected chi connectivity index (χ1v) is 15.5. The molecule has 0 saturated carbocycles. The van der Waals surface area contributed by atoms with Gasteiger partial charge in [0.25, 0.3) is 0 Å². The summed E-state index contributed by atoms with van der Waals surface area (Å²) in [5.74, 6) is 0. The maximum Gasteiger partial charge on any atom is 0.227 e. The lowest BCUT2D eigenvalue weighted by molar-refractivity contribution is 0.657. The average Bonchev–Trinajstić information content (AvgIpc) is 3.52. The van der Waals surface area contributed by atoms with E-state index in [4.69, 9.17) is 4.42 Å². The van der Waals surface area contributed by atoms with Gasteiger partial charge >= 0.3 is 0 Å². The highest BCUT2D eigenvalue weighted by Gasteiger charge is 2.17. The fraction of sp³-hybridized carbons (Fsp3) is 0. The molecule has 216 valence electrons. The highest BCUT2D eigenvalue weighted by Crippen LogP contribution is 2.41. The molecule has 0 amide bonds. The minimum atomic E-state index is 0.659. The van der Waals surface area contributed by atoms with Crippen molar-refractivity contribution in [3.05, 3.63) is 170 Å². The molecular formula is C43H28N2O. The quantitative estimate of drug-likeness (QED) is 0.200. The van der Waals surface area contributed by atoms with Gasteiger partial charge in [-0.05, 0) is 99.1 Å². The molecule has 0 aliphatic carbocycles. The first-order valence-electron chi connectivity index (χ1n) is 15.5. The molecule has 0 unspecified atom stereocenters. The highest BCUT2D eigenvalue weighted by molar-refractivity contribution is 6.15. The monoisotopic (exact) mass is 588 g/mol. The van der Waals surface area contributed by atoms with Gasteiger partial charge in [0.05, 0.1) is 0 Å². The molecule has 0 spiro atoms. The van der Waals surface area contributed by atoms with Crippen molar-refractivity contribution >= 4 is 60.7 Å². The van der Waals surface area contributed by atoms with E-state index in [0.717, 1.165) is 44.2 Å². The number of nitrogens with zero attached hydrogens (tertiary/aromatic N) is 2. The summed E-state index contributed by atoms with van der Waals surface area (Å²) in [6, 6.07) is 58.3. The normalized spacial score (nSPS) is 11.5. The fourth-order valence-corrected chi connectivity index (χ4v) is 6.59. The molecule has 0 saturated heterocycles. The standard InChI is InChI=1S/C43H28N2O/c1-2-8-29(9-3-1)34-12-6-13-37(27-34)45(36-21-17-31(18-22-36)35-16-15-30-10-4-5-11-33(30)26-35)38-23-19-32-20-24-39-40-14-7-25-44-43(40)46-42(39)41(32)28-38/h1-28H. The first kappa shape index (κ1) is 26.2. The minimum absolute atomic E-state index is 0.659. The van der Waals surface area contributed by atoms with Crippen molar-refractivity contribution in [2.24, 2.45) is 0 Å². The largest absolute Gasteiger partial charge is 0.437 e. The zero-order valence-corrected chi connectivity index (χ0v) is 25.0. The molecular weight excluding hydrogens is 560 g/mol. The molecule has 7 aromatic carbocycles. The lowest BCUT2D eigenvalue weighted by Gasteiger charge is -2.26. The van der Waals surface area contributed by atoms with E-state index in [2.05, 4.69) is 168 Å². The molecule has 46 heavy (non-hydrogen) atoms. The summed E-state index contributed by atoms with van der Waals surface area (Å²) >= 11 is 0. The van der Waals surface area contributed by atoms with Gasteiger partial charge < -0.3 is 9.32 Å². The maximum absolute atomic E-state index is 6.35. The Morgan fingerprint density at radius 3 is 1.96 bits per heavy atom. The Bertz CT molecular complexity index is 2530. The predicted octanol–water partition coefficient (Wildman–Crippen LogP) is 12.1. The molecule has 0 bridgehead atoms. The molecule has 2 heterocycles. The first-order chi connectivity index (χ1) is 22.8. The molecule has 2 aromatic heterocycles. The Hall–Kier alpha value is -6.19. The number of pyridine rings is 1. The molecule has 0 radical (unpaired) electrons. The molecule has 3 nitrogen and oxygen atoms in total. The van der Waals surface area contributed by atoms with Crippen LogP contribution in [0, 0.1) is 0 Å². The third-order valence-corrected chi connectivity index (χ3v) is 8.89.